The number of hydrogen-bond donors (Lipinski definition) is 1. The predicted octanol–water partition coefficient (Wildman–Crippen LogP) is 3.66. The van der Waals surface area contributed by atoms with Crippen LogP contribution in [0.3, 0.4) is 0 Å². The quantitative estimate of drug-likeness (QED) is 0.507. The van der Waals surface area contributed by atoms with E-state index in [1.165, 1.54) is 23.6 Å². The molecule has 0 fully saturated rings. The van der Waals surface area contributed by atoms with E-state index >= 15 is 0 Å². The van der Waals surface area contributed by atoms with Crippen LogP contribution < -0.4 is 5.32 Å². The number of anilines is 1. The fraction of sp³-hybridized carbons (Fsp3) is 0.200. The van der Waals surface area contributed by atoms with Crippen molar-refractivity contribution in [2.45, 2.75) is 24.7 Å². The van der Waals surface area contributed by atoms with Gasteiger partial charge >= 0.3 is 0 Å². The van der Waals surface area contributed by atoms with Gasteiger partial charge in [0.25, 0.3) is 5.91 Å². The van der Waals surface area contributed by atoms with Gasteiger partial charge in [-0.05, 0) is 36.2 Å². The van der Waals surface area contributed by atoms with Gasteiger partial charge in [0.05, 0.1) is 32.6 Å². The second-order valence-corrected chi connectivity index (χ2v) is 10.1. The third kappa shape index (κ3) is 3.83. The van der Waals surface area contributed by atoms with Crippen LogP contribution in [0.4, 0.5) is 5.13 Å². The molecule has 0 radical (unpaired) electrons. The fourth-order valence-corrected chi connectivity index (χ4v) is 4.73. The molecule has 0 unspecified atom stereocenters. The second kappa shape index (κ2) is 7.62. The molecule has 154 valence electrons. The van der Waals surface area contributed by atoms with Crippen LogP contribution in [0.5, 0.6) is 0 Å². The van der Waals surface area contributed by atoms with Crippen LogP contribution in [-0.2, 0) is 9.84 Å². The van der Waals surface area contributed by atoms with Gasteiger partial charge in [-0.3, -0.25) is 10.1 Å². The Balaban J connectivity index is 1.67. The van der Waals surface area contributed by atoms with Crippen molar-refractivity contribution in [3.05, 3.63) is 60.0 Å². The van der Waals surface area contributed by atoms with Crippen molar-refractivity contribution in [3.8, 4) is 5.82 Å². The zero-order valence-electron chi connectivity index (χ0n) is 16.5. The first-order valence-corrected chi connectivity index (χ1v) is 11.9. The zero-order valence-corrected chi connectivity index (χ0v) is 18.2. The molecule has 0 aliphatic heterocycles. The zero-order chi connectivity index (χ0) is 21.5. The summed E-state index contributed by atoms with van der Waals surface area (Å²) in [5, 5.41) is 7.56. The molecule has 0 atom stereocenters. The number of fused-ring (bicyclic) bond motifs is 1. The van der Waals surface area contributed by atoms with E-state index in [0.29, 0.717) is 26.7 Å². The summed E-state index contributed by atoms with van der Waals surface area (Å²) in [6.07, 6.45) is 4.35. The average molecular weight is 442 g/mol. The molecule has 1 N–H and O–H groups in total. The summed E-state index contributed by atoms with van der Waals surface area (Å²) in [5.74, 6) is 0.333. The lowest BCUT2D eigenvalue weighted by atomic mass is 10.1. The highest BCUT2D eigenvalue weighted by molar-refractivity contribution is 7.90. The first kappa shape index (κ1) is 20.2. The van der Waals surface area contributed by atoms with E-state index in [4.69, 9.17) is 0 Å². The molecule has 1 aromatic carbocycles. The Morgan fingerprint density at radius 2 is 2.00 bits per heavy atom. The molecule has 0 spiro atoms. The maximum atomic E-state index is 13.0. The summed E-state index contributed by atoms with van der Waals surface area (Å²) < 4.78 is 25.9. The Hall–Kier alpha value is -3.11. The van der Waals surface area contributed by atoms with Crippen molar-refractivity contribution in [1.82, 2.24) is 19.7 Å². The molecule has 0 aliphatic carbocycles. The number of carbonyl (C=O) groups excluding carboxylic acids is 1. The molecule has 3 aromatic heterocycles. The summed E-state index contributed by atoms with van der Waals surface area (Å²) >= 11 is 1.22. The minimum atomic E-state index is -3.32. The average Bonchev–Trinajstić information content (AvgIpc) is 3.31. The molecule has 30 heavy (non-hydrogen) atoms. The lowest BCUT2D eigenvalue weighted by Gasteiger charge is -2.11. The van der Waals surface area contributed by atoms with Gasteiger partial charge in [0.2, 0.25) is 0 Å². The van der Waals surface area contributed by atoms with Crippen LogP contribution >= 0.6 is 11.3 Å². The molecule has 0 aliphatic rings. The van der Waals surface area contributed by atoms with Gasteiger partial charge in [0.1, 0.15) is 0 Å². The molecule has 4 rings (SSSR count). The first-order chi connectivity index (χ1) is 14.2. The first-order valence-electron chi connectivity index (χ1n) is 9.15. The Labute approximate surface area is 177 Å². The van der Waals surface area contributed by atoms with Gasteiger partial charge in [-0.1, -0.05) is 31.3 Å². The molecular formula is C20H19N5O3S2. The summed E-state index contributed by atoms with van der Waals surface area (Å²) in [5.41, 5.74) is 1.80. The minimum Gasteiger partial charge on any atom is -0.298 e. The number of benzene rings is 1. The van der Waals surface area contributed by atoms with Crippen LogP contribution in [0.2, 0.25) is 0 Å². The number of hydrogen-bond acceptors (Lipinski definition) is 7. The number of aromatic nitrogens is 4. The number of nitrogens with one attached hydrogen (secondary N) is 1. The van der Waals surface area contributed by atoms with Crippen LogP contribution in [0.25, 0.3) is 16.0 Å². The Morgan fingerprint density at radius 1 is 1.20 bits per heavy atom. The van der Waals surface area contributed by atoms with Crippen molar-refractivity contribution < 1.29 is 13.2 Å². The Kier molecular flexibility index (Phi) is 5.12. The molecular weight excluding hydrogens is 422 g/mol. The van der Waals surface area contributed by atoms with E-state index in [2.05, 4.69) is 20.4 Å². The number of sulfone groups is 1. The van der Waals surface area contributed by atoms with Crippen LogP contribution in [-0.4, -0.2) is 40.3 Å². The molecule has 3 heterocycles. The molecule has 0 saturated heterocycles. The number of pyridine rings is 1. The number of thiazole rings is 1. The monoisotopic (exact) mass is 441 g/mol. The van der Waals surface area contributed by atoms with E-state index < -0.39 is 9.84 Å². The van der Waals surface area contributed by atoms with Crippen molar-refractivity contribution in [1.29, 1.82) is 0 Å². The van der Waals surface area contributed by atoms with Crippen molar-refractivity contribution in [3.63, 3.8) is 0 Å². The summed E-state index contributed by atoms with van der Waals surface area (Å²) in [6.45, 7) is 3.97. The molecule has 1 amide bonds. The molecule has 4 aromatic rings. The second-order valence-electron chi connectivity index (χ2n) is 7.07. The van der Waals surface area contributed by atoms with E-state index in [9.17, 15) is 13.2 Å². The number of nitrogens with zero attached hydrogens (tertiary/aromatic N) is 4. The predicted molar refractivity (Wildman–Crippen MR) is 116 cm³/mol. The van der Waals surface area contributed by atoms with Gasteiger partial charge in [0, 0.05) is 12.5 Å². The summed E-state index contributed by atoms with van der Waals surface area (Å²) in [7, 11) is -3.32. The highest BCUT2D eigenvalue weighted by atomic mass is 32.2. The number of amides is 1. The summed E-state index contributed by atoms with van der Waals surface area (Å²) in [6, 6.07) is 10.2. The van der Waals surface area contributed by atoms with Gasteiger partial charge in [-0.15, -0.1) is 0 Å². The molecule has 0 bridgehead atoms. The molecule has 0 saturated carbocycles. The van der Waals surface area contributed by atoms with E-state index in [1.54, 1.807) is 23.0 Å². The SMILES string of the molecule is CC(C)c1c(C(=O)Nc2nc3ccc(S(C)(=O)=O)cc3s2)cnn1-c1ccccn1. The Bertz CT molecular complexity index is 1340. The fourth-order valence-electron chi connectivity index (χ4n) is 3.10. The minimum absolute atomic E-state index is 0.0305. The van der Waals surface area contributed by atoms with Gasteiger partial charge in [0.15, 0.2) is 20.8 Å². The topological polar surface area (TPSA) is 107 Å². The highest BCUT2D eigenvalue weighted by Gasteiger charge is 2.22. The van der Waals surface area contributed by atoms with Crippen LogP contribution in [0.1, 0.15) is 35.8 Å². The molecule has 8 nitrogen and oxygen atoms in total. The van der Waals surface area contributed by atoms with Crippen molar-refractivity contribution >= 4 is 42.4 Å². The molecule has 10 heteroatoms. The standard InChI is InChI=1S/C20H19N5O3S2/c1-12(2)18-14(11-22-25(18)17-6-4-5-9-21-17)19(26)24-20-23-15-8-7-13(30(3,27)28)10-16(15)29-20/h4-12H,1-3H3,(H,23,24,26). The van der Waals surface area contributed by atoms with E-state index in [1.807, 2.05) is 32.0 Å². The lowest BCUT2D eigenvalue weighted by Crippen LogP contribution is -2.15. The van der Waals surface area contributed by atoms with Crippen LogP contribution in [0.15, 0.2) is 53.7 Å². The smallest absolute Gasteiger partial charge is 0.260 e. The van der Waals surface area contributed by atoms with Crippen molar-refractivity contribution in [2.24, 2.45) is 0 Å². The highest BCUT2D eigenvalue weighted by Crippen LogP contribution is 2.29. The van der Waals surface area contributed by atoms with Gasteiger partial charge in [-0.2, -0.15) is 5.10 Å². The summed E-state index contributed by atoms with van der Waals surface area (Å²) in [4.78, 5) is 21.9. The Morgan fingerprint density at radius 3 is 2.67 bits per heavy atom. The van der Waals surface area contributed by atoms with E-state index in [0.717, 1.165) is 11.9 Å². The normalized spacial score (nSPS) is 11.9. The maximum absolute atomic E-state index is 13.0. The third-order valence-corrected chi connectivity index (χ3v) is 6.52. The van der Waals surface area contributed by atoms with Crippen LogP contribution in [0, 0.1) is 0 Å². The largest absolute Gasteiger partial charge is 0.298 e. The number of carbonyl (C=O) groups is 1. The maximum Gasteiger partial charge on any atom is 0.260 e. The third-order valence-electron chi connectivity index (χ3n) is 4.47. The van der Waals surface area contributed by atoms with Crippen molar-refractivity contribution in [2.75, 3.05) is 11.6 Å². The van der Waals surface area contributed by atoms with Gasteiger partial charge in [-0.25, -0.2) is 23.1 Å². The van der Waals surface area contributed by atoms with E-state index in [-0.39, 0.29) is 16.7 Å². The lowest BCUT2D eigenvalue weighted by molar-refractivity contribution is 0.102. The number of rotatable bonds is 5. The van der Waals surface area contributed by atoms with Gasteiger partial charge < -0.3 is 0 Å².